The van der Waals surface area contributed by atoms with E-state index in [2.05, 4.69) is 0 Å². The Labute approximate surface area is 87.7 Å². The molecule has 82 valence electrons. The van der Waals surface area contributed by atoms with Gasteiger partial charge in [-0.2, -0.15) is 0 Å². The second kappa shape index (κ2) is 4.17. The third kappa shape index (κ3) is 2.11. The van der Waals surface area contributed by atoms with Crippen LogP contribution in [0.3, 0.4) is 0 Å². The Balaban J connectivity index is 2.23. The summed E-state index contributed by atoms with van der Waals surface area (Å²) in [6.45, 7) is 0. The molecular formula is C12H14F2O. The summed E-state index contributed by atoms with van der Waals surface area (Å²) >= 11 is 0. The predicted octanol–water partition coefficient (Wildman–Crippen LogP) is 3.54. The second-order valence-electron chi connectivity index (χ2n) is 4.15. The van der Waals surface area contributed by atoms with Crippen molar-refractivity contribution in [2.24, 2.45) is 5.92 Å². The van der Waals surface area contributed by atoms with E-state index in [1.54, 1.807) is 12.1 Å². The Hall–Kier alpha value is -1.12. The fraction of sp³-hybridized carbons (Fsp3) is 0.500. The summed E-state index contributed by atoms with van der Waals surface area (Å²) in [7, 11) is 0. The van der Waals surface area contributed by atoms with Crippen molar-refractivity contribution in [2.45, 2.75) is 31.6 Å². The lowest BCUT2D eigenvalue weighted by atomic mass is 9.73. The number of phenolic OH excluding ortho intramolecular Hbond substituents is 1. The number of hydrogen-bond donors (Lipinski definition) is 1. The molecule has 0 spiro atoms. The van der Waals surface area contributed by atoms with Crippen molar-refractivity contribution < 1.29 is 13.9 Å². The van der Waals surface area contributed by atoms with Crippen LogP contribution in [0.2, 0.25) is 0 Å². The molecule has 0 radical (unpaired) electrons. The highest BCUT2D eigenvalue weighted by Gasteiger charge is 2.34. The molecular weight excluding hydrogens is 198 g/mol. The van der Waals surface area contributed by atoms with Crippen LogP contribution in [0.1, 0.15) is 30.7 Å². The summed E-state index contributed by atoms with van der Waals surface area (Å²) in [5.41, 5.74) is 0.565. The number of hydrogen-bond acceptors (Lipinski definition) is 1. The summed E-state index contributed by atoms with van der Waals surface area (Å²) in [5.74, 6) is -0.546. The van der Waals surface area contributed by atoms with Crippen LogP contribution in [-0.4, -0.2) is 11.5 Å². The Kier molecular flexibility index (Phi) is 2.89. The Bertz CT molecular complexity index is 334. The van der Waals surface area contributed by atoms with Gasteiger partial charge in [-0.1, -0.05) is 18.6 Å². The second-order valence-corrected chi connectivity index (χ2v) is 4.15. The number of alkyl halides is 2. The molecule has 0 bridgehead atoms. The number of rotatable bonds is 3. The molecule has 3 heteroatoms. The van der Waals surface area contributed by atoms with Gasteiger partial charge in [-0.25, -0.2) is 8.78 Å². The van der Waals surface area contributed by atoms with Gasteiger partial charge in [-0.3, -0.25) is 0 Å². The minimum atomic E-state index is -2.34. The third-order valence-corrected chi connectivity index (χ3v) is 3.18. The molecule has 15 heavy (non-hydrogen) atoms. The van der Waals surface area contributed by atoms with Crippen molar-refractivity contribution in [1.29, 1.82) is 0 Å². The van der Waals surface area contributed by atoms with Gasteiger partial charge in [-0.05, 0) is 36.5 Å². The Morgan fingerprint density at radius 1 is 1.27 bits per heavy atom. The number of aromatic hydroxyl groups is 1. The van der Waals surface area contributed by atoms with E-state index in [1.165, 1.54) is 12.1 Å². The molecule has 1 saturated carbocycles. The van der Waals surface area contributed by atoms with Gasteiger partial charge in [-0.15, -0.1) is 0 Å². The van der Waals surface area contributed by atoms with Crippen LogP contribution in [-0.2, 0) is 0 Å². The van der Waals surface area contributed by atoms with E-state index >= 15 is 0 Å². The smallest absolute Gasteiger partial charge is 0.245 e. The lowest BCUT2D eigenvalue weighted by Gasteiger charge is -2.33. The van der Waals surface area contributed by atoms with E-state index in [-0.39, 0.29) is 11.7 Å². The van der Waals surface area contributed by atoms with Crippen molar-refractivity contribution >= 4 is 0 Å². The molecule has 1 aromatic carbocycles. The lowest BCUT2D eigenvalue weighted by Crippen LogP contribution is -2.25. The molecule has 1 aromatic rings. The molecule has 0 heterocycles. The molecule has 1 aliphatic rings. The van der Waals surface area contributed by atoms with Gasteiger partial charge >= 0.3 is 0 Å². The summed E-state index contributed by atoms with van der Waals surface area (Å²) < 4.78 is 25.8. The van der Waals surface area contributed by atoms with Gasteiger partial charge in [0.25, 0.3) is 0 Å². The van der Waals surface area contributed by atoms with E-state index in [4.69, 9.17) is 0 Å². The molecule has 0 amide bonds. The summed E-state index contributed by atoms with van der Waals surface area (Å²) in [5, 5.41) is 9.27. The maximum Gasteiger partial charge on any atom is 0.245 e. The van der Waals surface area contributed by atoms with Crippen LogP contribution < -0.4 is 0 Å². The molecule has 1 fully saturated rings. The molecule has 1 aliphatic carbocycles. The van der Waals surface area contributed by atoms with E-state index < -0.39 is 12.3 Å². The molecule has 1 nitrogen and oxygen atoms in total. The van der Waals surface area contributed by atoms with E-state index in [0.29, 0.717) is 5.56 Å². The first kappa shape index (κ1) is 10.4. The first-order valence-corrected chi connectivity index (χ1v) is 5.25. The van der Waals surface area contributed by atoms with Gasteiger partial charge < -0.3 is 5.11 Å². The number of phenols is 1. The van der Waals surface area contributed by atoms with Crippen molar-refractivity contribution in [3.8, 4) is 5.75 Å². The third-order valence-electron chi connectivity index (χ3n) is 3.18. The molecule has 2 rings (SSSR count). The van der Waals surface area contributed by atoms with Crippen LogP contribution in [0, 0.1) is 5.92 Å². The minimum absolute atomic E-state index is 0.0671. The average molecular weight is 212 g/mol. The van der Waals surface area contributed by atoms with Gasteiger partial charge in [0.2, 0.25) is 6.43 Å². The fourth-order valence-corrected chi connectivity index (χ4v) is 2.15. The predicted molar refractivity (Wildman–Crippen MR) is 54.2 cm³/mol. The zero-order valence-electron chi connectivity index (χ0n) is 8.37. The van der Waals surface area contributed by atoms with Crippen LogP contribution >= 0.6 is 0 Å². The number of halogens is 2. The normalized spacial score (nSPS) is 18.9. The van der Waals surface area contributed by atoms with Crippen LogP contribution in [0.4, 0.5) is 8.78 Å². The topological polar surface area (TPSA) is 20.2 Å². The van der Waals surface area contributed by atoms with E-state index in [1.807, 2.05) is 0 Å². The van der Waals surface area contributed by atoms with E-state index in [9.17, 15) is 13.9 Å². The zero-order valence-corrected chi connectivity index (χ0v) is 8.37. The van der Waals surface area contributed by atoms with Crippen molar-refractivity contribution in [2.75, 3.05) is 0 Å². The molecule has 1 N–H and O–H groups in total. The van der Waals surface area contributed by atoms with Crippen molar-refractivity contribution in [1.82, 2.24) is 0 Å². The number of benzene rings is 1. The van der Waals surface area contributed by atoms with Crippen LogP contribution in [0.25, 0.3) is 0 Å². The standard InChI is InChI=1S/C12H14F2O/c13-12(14)11(8-3-1-4-8)9-5-2-6-10(15)7-9/h2,5-8,11-12,15H,1,3-4H2. The van der Waals surface area contributed by atoms with Crippen molar-refractivity contribution in [3.63, 3.8) is 0 Å². The van der Waals surface area contributed by atoms with Gasteiger partial charge in [0.1, 0.15) is 5.75 Å². The average Bonchev–Trinajstić information content (AvgIpc) is 2.10. The highest BCUT2D eigenvalue weighted by Crippen LogP contribution is 2.43. The summed E-state index contributed by atoms with van der Waals surface area (Å²) in [4.78, 5) is 0. The van der Waals surface area contributed by atoms with Crippen molar-refractivity contribution in [3.05, 3.63) is 29.8 Å². The maximum atomic E-state index is 12.9. The molecule has 0 aliphatic heterocycles. The van der Waals surface area contributed by atoms with Crippen LogP contribution in [0.5, 0.6) is 5.75 Å². The van der Waals surface area contributed by atoms with Gasteiger partial charge in [0, 0.05) is 5.92 Å². The highest BCUT2D eigenvalue weighted by molar-refractivity contribution is 5.30. The zero-order chi connectivity index (χ0) is 10.8. The molecule has 1 unspecified atom stereocenters. The van der Waals surface area contributed by atoms with Gasteiger partial charge in [0.05, 0.1) is 0 Å². The maximum absolute atomic E-state index is 12.9. The monoisotopic (exact) mass is 212 g/mol. The molecule has 0 aromatic heterocycles. The Morgan fingerprint density at radius 2 is 2.00 bits per heavy atom. The first-order valence-electron chi connectivity index (χ1n) is 5.25. The quantitative estimate of drug-likeness (QED) is 0.812. The largest absolute Gasteiger partial charge is 0.508 e. The van der Waals surface area contributed by atoms with Gasteiger partial charge in [0.15, 0.2) is 0 Å². The Morgan fingerprint density at radius 3 is 2.47 bits per heavy atom. The highest BCUT2D eigenvalue weighted by atomic mass is 19.3. The SMILES string of the molecule is Oc1cccc(C(C(F)F)C2CCC2)c1. The van der Waals surface area contributed by atoms with E-state index in [0.717, 1.165) is 19.3 Å². The molecule has 1 atom stereocenters. The fourth-order valence-electron chi connectivity index (χ4n) is 2.15. The summed E-state index contributed by atoms with van der Waals surface area (Å²) in [6, 6.07) is 6.26. The summed E-state index contributed by atoms with van der Waals surface area (Å²) in [6.07, 6.45) is 0.472. The molecule has 0 saturated heterocycles. The minimum Gasteiger partial charge on any atom is -0.508 e. The first-order chi connectivity index (χ1) is 7.18. The van der Waals surface area contributed by atoms with Crippen LogP contribution in [0.15, 0.2) is 24.3 Å². The lowest BCUT2D eigenvalue weighted by molar-refractivity contribution is 0.0617.